The Labute approximate surface area is 164 Å². The summed E-state index contributed by atoms with van der Waals surface area (Å²) in [4.78, 5) is 19.5. The number of carbonyl (C=O) groups is 1. The first kappa shape index (κ1) is 18.0. The van der Waals surface area contributed by atoms with Crippen LogP contribution in [0, 0.1) is 0 Å². The number of fused-ring (bicyclic) bond motifs is 1. The number of amides is 1. The number of imidazole rings is 1. The molecule has 4 rings (SSSR count). The van der Waals surface area contributed by atoms with Crippen LogP contribution in [0.5, 0.6) is 0 Å². The van der Waals surface area contributed by atoms with Crippen LogP contribution in [-0.2, 0) is 24.3 Å². The van der Waals surface area contributed by atoms with E-state index in [9.17, 15) is 4.79 Å². The van der Waals surface area contributed by atoms with Crippen molar-refractivity contribution in [2.24, 2.45) is 0 Å². The average molecular weight is 372 g/mol. The molecule has 2 heterocycles. The normalized spacial score (nSPS) is 11.0. The number of nitrogens with one attached hydrogen (secondary N) is 2. The van der Waals surface area contributed by atoms with Gasteiger partial charge in [0.2, 0.25) is 5.91 Å². The molecule has 5 heteroatoms. The van der Waals surface area contributed by atoms with Gasteiger partial charge in [0.05, 0.1) is 6.33 Å². The summed E-state index contributed by atoms with van der Waals surface area (Å²) >= 11 is 0. The van der Waals surface area contributed by atoms with E-state index in [1.54, 1.807) is 6.20 Å². The third kappa shape index (κ3) is 4.49. The van der Waals surface area contributed by atoms with E-state index in [4.69, 9.17) is 0 Å². The van der Waals surface area contributed by atoms with Gasteiger partial charge in [0.25, 0.3) is 0 Å². The van der Waals surface area contributed by atoms with Crippen molar-refractivity contribution in [3.63, 3.8) is 0 Å². The molecule has 1 amide bonds. The number of rotatable bonds is 8. The molecular formula is C23H24N4O. The molecule has 0 atom stereocenters. The van der Waals surface area contributed by atoms with Crippen LogP contribution < -0.4 is 5.32 Å². The predicted molar refractivity (Wildman–Crippen MR) is 111 cm³/mol. The summed E-state index contributed by atoms with van der Waals surface area (Å²) in [5, 5.41) is 4.27. The first-order chi connectivity index (χ1) is 13.8. The van der Waals surface area contributed by atoms with Gasteiger partial charge in [-0.1, -0.05) is 42.5 Å². The lowest BCUT2D eigenvalue weighted by Crippen LogP contribution is -2.22. The van der Waals surface area contributed by atoms with Crippen molar-refractivity contribution < 1.29 is 4.79 Å². The van der Waals surface area contributed by atoms with Crippen LogP contribution in [0.4, 0.5) is 0 Å². The second-order valence-electron chi connectivity index (χ2n) is 7.04. The number of benzene rings is 2. The number of nitrogens with zero attached hydrogens (tertiary/aromatic N) is 2. The summed E-state index contributed by atoms with van der Waals surface area (Å²) < 4.78 is 2.03. The van der Waals surface area contributed by atoms with E-state index in [0.717, 1.165) is 30.5 Å². The molecule has 2 aromatic carbocycles. The zero-order valence-corrected chi connectivity index (χ0v) is 15.8. The van der Waals surface area contributed by atoms with Crippen molar-refractivity contribution in [1.29, 1.82) is 0 Å². The van der Waals surface area contributed by atoms with Crippen molar-refractivity contribution in [3.8, 4) is 0 Å². The summed E-state index contributed by atoms with van der Waals surface area (Å²) in [7, 11) is 0. The van der Waals surface area contributed by atoms with Gasteiger partial charge in [-0.2, -0.15) is 0 Å². The Kier molecular flexibility index (Phi) is 5.52. The van der Waals surface area contributed by atoms with E-state index in [0.29, 0.717) is 13.0 Å². The SMILES string of the molecule is O=C(CCCc1c[nH]c2ccccc12)NCc1ccc(Cn2ccnc2)cc1. The Hall–Kier alpha value is -3.34. The summed E-state index contributed by atoms with van der Waals surface area (Å²) in [5.41, 5.74) is 4.75. The standard InChI is InChI=1S/C23H24N4O/c28-23(7-3-4-20-15-25-22-6-2-1-5-21(20)22)26-14-18-8-10-19(11-9-18)16-27-13-12-24-17-27/h1-2,5-6,8-13,15,17,25H,3-4,7,14,16H2,(H,26,28). The Morgan fingerprint density at radius 3 is 2.71 bits per heavy atom. The van der Waals surface area contributed by atoms with E-state index in [1.165, 1.54) is 16.5 Å². The maximum absolute atomic E-state index is 12.2. The molecule has 28 heavy (non-hydrogen) atoms. The van der Waals surface area contributed by atoms with E-state index in [2.05, 4.69) is 51.7 Å². The third-order valence-electron chi connectivity index (χ3n) is 4.96. The largest absolute Gasteiger partial charge is 0.361 e. The summed E-state index contributed by atoms with van der Waals surface area (Å²) in [6, 6.07) is 16.6. The maximum Gasteiger partial charge on any atom is 0.220 e. The molecule has 0 bridgehead atoms. The van der Waals surface area contributed by atoms with E-state index < -0.39 is 0 Å². The number of aromatic amines is 1. The number of para-hydroxylation sites is 1. The van der Waals surface area contributed by atoms with Gasteiger partial charge in [-0.05, 0) is 35.6 Å². The van der Waals surface area contributed by atoms with Crippen LogP contribution in [0.15, 0.2) is 73.4 Å². The molecule has 0 aliphatic heterocycles. The zero-order chi connectivity index (χ0) is 19.2. The van der Waals surface area contributed by atoms with Gasteiger partial charge in [-0.25, -0.2) is 4.98 Å². The Balaban J connectivity index is 1.21. The Morgan fingerprint density at radius 2 is 1.89 bits per heavy atom. The molecule has 0 aliphatic rings. The van der Waals surface area contributed by atoms with Gasteiger partial charge >= 0.3 is 0 Å². The minimum absolute atomic E-state index is 0.0994. The van der Waals surface area contributed by atoms with Gasteiger partial charge < -0.3 is 14.9 Å². The topological polar surface area (TPSA) is 62.7 Å². The van der Waals surface area contributed by atoms with E-state index in [-0.39, 0.29) is 5.91 Å². The molecule has 4 aromatic rings. The highest BCUT2D eigenvalue weighted by Crippen LogP contribution is 2.19. The van der Waals surface area contributed by atoms with Crippen molar-refractivity contribution >= 4 is 16.8 Å². The van der Waals surface area contributed by atoms with Gasteiger partial charge in [0, 0.05) is 49.0 Å². The summed E-state index contributed by atoms with van der Waals surface area (Å²) in [6.45, 7) is 1.37. The van der Waals surface area contributed by atoms with Crippen LogP contribution in [0.25, 0.3) is 10.9 Å². The van der Waals surface area contributed by atoms with E-state index in [1.807, 2.05) is 35.4 Å². The second-order valence-corrected chi connectivity index (χ2v) is 7.04. The number of aryl methyl sites for hydroxylation is 1. The zero-order valence-electron chi connectivity index (χ0n) is 15.8. The molecule has 0 aliphatic carbocycles. The molecule has 0 unspecified atom stereocenters. The molecule has 0 fully saturated rings. The molecule has 2 N–H and O–H groups in total. The van der Waals surface area contributed by atoms with Crippen LogP contribution >= 0.6 is 0 Å². The quantitative estimate of drug-likeness (QED) is 0.490. The third-order valence-corrected chi connectivity index (χ3v) is 4.96. The summed E-state index contributed by atoms with van der Waals surface area (Å²) in [5.74, 6) is 0.0994. The summed E-state index contributed by atoms with van der Waals surface area (Å²) in [6.07, 6.45) is 9.88. The van der Waals surface area contributed by atoms with Crippen molar-refractivity contribution in [2.45, 2.75) is 32.4 Å². The lowest BCUT2D eigenvalue weighted by molar-refractivity contribution is -0.121. The lowest BCUT2D eigenvalue weighted by Gasteiger charge is -2.07. The number of H-pyrrole nitrogens is 1. The number of carbonyl (C=O) groups excluding carboxylic acids is 1. The molecule has 0 saturated heterocycles. The first-order valence-electron chi connectivity index (χ1n) is 9.63. The maximum atomic E-state index is 12.2. The van der Waals surface area contributed by atoms with Crippen molar-refractivity contribution in [1.82, 2.24) is 19.9 Å². The van der Waals surface area contributed by atoms with Gasteiger partial charge in [0.15, 0.2) is 0 Å². The number of aromatic nitrogens is 3. The highest BCUT2D eigenvalue weighted by Gasteiger charge is 2.06. The van der Waals surface area contributed by atoms with Crippen molar-refractivity contribution in [2.75, 3.05) is 0 Å². The molecule has 5 nitrogen and oxygen atoms in total. The Bertz CT molecular complexity index is 1030. The molecule has 0 radical (unpaired) electrons. The smallest absolute Gasteiger partial charge is 0.220 e. The first-order valence-corrected chi connectivity index (χ1v) is 9.63. The molecule has 2 aromatic heterocycles. The van der Waals surface area contributed by atoms with Crippen LogP contribution in [0.2, 0.25) is 0 Å². The van der Waals surface area contributed by atoms with Crippen LogP contribution in [-0.4, -0.2) is 20.4 Å². The highest BCUT2D eigenvalue weighted by atomic mass is 16.1. The average Bonchev–Trinajstić information content (AvgIpc) is 3.38. The van der Waals surface area contributed by atoms with Gasteiger partial charge in [-0.15, -0.1) is 0 Å². The fourth-order valence-corrected chi connectivity index (χ4v) is 3.42. The second kappa shape index (κ2) is 8.57. The minimum atomic E-state index is 0.0994. The predicted octanol–water partition coefficient (Wildman–Crippen LogP) is 4.05. The van der Waals surface area contributed by atoms with Gasteiger partial charge in [0.1, 0.15) is 0 Å². The Morgan fingerprint density at radius 1 is 1.07 bits per heavy atom. The van der Waals surface area contributed by atoms with Crippen molar-refractivity contribution in [3.05, 3.63) is 90.1 Å². The monoisotopic (exact) mass is 372 g/mol. The molecule has 0 spiro atoms. The minimum Gasteiger partial charge on any atom is -0.361 e. The van der Waals surface area contributed by atoms with Gasteiger partial charge in [-0.3, -0.25) is 4.79 Å². The molecular weight excluding hydrogens is 348 g/mol. The molecule has 142 valence electrons. The molecule has 0 saturated carbocycles. The van der Waals surface area contributed by atoms with Crippen LogP contribution in [0.3, 0.4) is 0 Å². The number of hydrogen-bond donors (Lipinski definition) is 2. The fourth-order valence-electron chi connectivity index (χ4n) is 3.42. The van der Waals surface area contributed by atoms with Crippen LogP contribution in [0.1, 0.15) is 29.5 Å². The number of hydrogen-bond acceptors (Lipinski definition) is 2. The highest BCUT2D eigenvalue weighted by molar-refractivity contribution is 5.83. The fraction of sp³-hybridized carbons (Fsp3) is 0.217. The van der Waals surface area contributed by atoms with E-state index >= 15 is 0 Å². The lowest BCUT2D eigenvalue weighted by atomic mass is 10.1.